The lowest BCUT2D eigenvalue weighted by atomic mass is 10.1. The van der Waals surface area contributed by atoms with E-state index in [1.165, 1.54) is 18.2 Å². The predicted molar refractivity (Wildman–Crippen MR) is 65.0 cm³/mol. The van der Waals surface area contributed by atoms with E-state index in [1.807, 2.05) is 13.0 Å². The van der Waals surface area contributed by atoms with E-state index < -0.39 is 17.7 Å². The van der Waals surface area contributed by atoms with Gasteiger partial charge < -0.3 is 9.73 Å². The molecule has 0 spiro atoms. The summed E-state index contributed by atoms with van der Waals surface area (Å²) < 4.78 is 32.4. The fourth-order valence-corrected chi connectivity index (χ4v) is 2.00. The second kappa shape index (κ2) is 5.31. The third-order valence-corrected chi connectivity index (χ3v) is 2.90. The molecule has 0 bridgehead atoms. The Morgan fingerprint density at radius 1 is 1.00 bits per heavy atom. The van der Waals surface area contributed by atoms with E-state index in [-0.39, 0.29) is 11.6 Å². The van der Waals surface area contributed by atoms with Crippen molar-refractivity contribution in [2.24, 2.45) is 0 Å². The van der Waals surface area contributed by atoms with Crippen LogP contribution in [0, 0.1) is 11.6 Å². The lowest BCUT2D eigenvalue weighted by Crippen LogP contribution is -2.23. The summed E-state index contributed by atoms with van der Waals surface area (Å²) in [4.78, 5) is 0. The SMILES string of the molecule is CC(N[C@@H](C)c1ccco1)c1c(F)cccc1F. The topological polar surface area (TPSA) is 25.2 Å². The van der Waals surface area contributed by atoms with Crippen molar-refractivity contribution in [1.82, 2.24) is 5.32 Å². The maximum Gasteiger partial charge on any atom is 0.130 e. The number of hydrogen-bond donors (Lipinski definition) is 1. The first-order chi connectivity index (χ1) is 8.59. The molecule has 0 fully saturated rings. The summed E-state index contributed by atoms with van der Waals surface area (Å²) in [6.07, 6.45) is 1.57. The van der Waals surface area contributed by atoms with E-state index in [4.69, 9.17) is 4.42 Å². The van der Waals surface area contributed by atoms with E-state index in [0.717, 1.165) is 5.76 Å². The van der Waals surface area contributed by atoms with Crippen LogP contribution in [0.4, 0.5) is 8.78 Å². The molecule has 0 amide bonds. The Morgan fingerprint density at radius 2 is 1.67 bits per heavy atom. The molecule has 1 unspecified atom stereocenters. The average Bonchev–Trinajstić information content (AvgIpc) is 2.81. The molecule has 0 aliphatic rings. The molecule has 1 aromatic carbocycles. The lowest BCUT2D eigenvalue weighted by molar-refractivity contribution is 0.390. The van der Waals surface area contributed by atoms with Gasteiger partial charge in [-0.2, -0.15) is 0 Å². The molecule has 0 saturated heterocycles. The highest BCUT2D eigenvalue weighted by Gasteiger charge is 2.19. The van der Waals surface area contributed by atoms with Gasteiger partial charge in [0.2, 0.25) is 0 Å². The normalized spacial score (nSPS) is 14.4. The Kier molecular flexibility index (Phi) is 3.77. The Bertz CT molecular complexity index is 490. The molecule has 2 nitrogen and oxygen atoms in total. The third-order valence-electron chi connectivity index (χ3n) is 2.90. The Hall–Kier alpha value is -1.68. The molecule has 96 valence electrons. The van der Waals surface area contributed by atoms with Crippen LogP contribution in [0.1, 0.15) is 37.3 Å². The van der Waals surface area contributed by atoms with Gasteiger partial charge in [-0.25, -0.2) is 8.78 Å². The predicted octanol–water partition coefficient (Wildman–Crippen LogP) is 3.97. The fraction of sp³-hybridized carbons (Fsp3) is 0.286. The lowest BCUT2D eigenvalue weighted by Gasteiger charge is -2.19. The van der Waals surface area contributed by atoms with Crippen molar-refractivity contribution in [3.05, 3.63) is 59.6 Å². The number of furan rings is 1. The van der Waals surface area contributed by atoms with Gasteiger partial charge in [-0.15, -0.1) is 0 Å². The second-order valence-electron chi connectivity index (χ2n) is 4.26. The first-order valence-electron chi connectivity index (χ1n) is 5.83. The van der Waals surface area contributed by atoms with Crippen LogP contribution >= 0.6 is 0 Å². The Morgan fingerprint density at radius 3 is 2.22 bits per heavy atom. The molecule has 4 heteroatoms. The summed E-state index contributed by atoms with van der Waals surface area (Å²) in [5.41, 5.74) is 0.0518. The zero-order valence-electron chi connectivity index (χ0n) is 10.3. The summed E-state index contributed by atoms with van der Waals surface area (Å²) in [5, 5.41) is 3.11. The zero-order chi connectivity index (χ0) is 13.1. The summed E-state index contributed by atoms with van der Waals surface area (Å²) in [7, 11) is 0. The van der Waals surface area contributed by atoms with Crippen molar-refractivity contribution in [3.63, 3.8) is 0 Å². The fourth-order valence-electron chi connectivity index (χ4n) is 2.00. The molecule has 18 heavy (non-hydrogen) atoms. The number of rotatable bonds is 4. The molecular formula is C14H15F2NO. The van der Waals surface area contributed by atoms with Crippen LogP contribution in [-0.2, 0) is 0 Å². The first kappa shape index (κ1) is 12.8. The van der Waals surface area contributed by atoms with Crippen molar-refractivity contribution >= 4 is 0 Å². The van der Waals surface area contributed by atoms with Gasteiger partial charge >= 0.3 is 0 Å². The van der Waals surface area contributed by atoms with Crippen molar-refractivity contribution in [2.45, 2.75) is 25.9 Å². The number of benzene rings is 1. The minimum Gasteiger partial charge on any atom is -0.468 e. The summed E-state index contributed by atoms with van der Waals surface area (Å²) in [6, 6.07) is 6.92. The standard InChI is InChI=1S/C14H15F2NO/c1-9(13-7-4-8-18-13)17-10(2)14-11(15)5-3-6-12(14)16/h3-10,17H,1-2H3/t9-,10?/m0/s1. The Balaban J connectivity index is 2.15. The Labute approximate surface area is 105 Å². The first-order valence-corrected chi connectivity index (χ1v) is 5.83. The molecule has 0 saturated carbocycles. The number of hydrogen-bond acceptors (Lipinski definition) is 2. The van der Waals surface area contributed by atoms with E-state index in [2.05, 4.69) is 5.32 Å². The zero-order valence-corrected chi connectivity index (χ0v) is 10.3. The molecule has 2 aromatic rings. The van der Waals surface area contributed by atoms with E-state index in [9.17, 15) is 8.78 Å². The van der Waals surface area contributed by atoms with Gasteiger partial charge in [-0.1, -0.05) is 6.07 Å². The number of nitrogens with one attached hydrogen (secondary N) is 1. The van der Waals surface area contributed by atoms with Gasteiger partial charge in [0, 0.05) is 11.6 Å². The van der Waals surface area contributed by atoms with Gasteiger partial charge in [0.05, 0.1) is 12.3 Å². The smallest absolute Gasteiger partial charge is 0.130 e. The van der Waals surface area contributed by atoms with Gasteiger partial charge in [-0.05, 0) is 38.1 Å². The molecular weight excluding hydrogens is 236 g/mol. The van der Waals surface area contributed by atoms with E-state index >= 15 is 0 Å². The van der Waals surface area contributed by atoms with Crippen molar-refractivity contribution in [1.29, 1.82) is 0 Å². The van der Waals surface area contributed by atoms with Gasteiger partial charge in [0.15, 0.2) is 0 Å². The average molecular weight is 251 g/mol. The van der Waals surface area contributed by atoms with Gasteiger partial charge in [0.25, 0.3) is 0 Å². The van der Waals surface area contributed by atoms with Crippen LogP contribution in [0.15, 0.2) is 41.0 Å². The minimum atomic E-state index is -0.540. The van der Waals surface area contributed by atoms with E-state index in [1.54, 1.807) is 19.3 Å². The van der Waals surface area contributed by atoms with Crippen LogP contribution in [0.2, 0.25) is 0 Å². The summed E-state index contributed by atoms with van der Waals surface area (Å²) in [5.74, 6) is -0.345. The molecule has 1 heterocycles. The quantitative estimate of drug-likeness (QED) is 0.889. The molecule has 0 radical (unpaired) electrons. The number of halogens is 2. The van der Waals surface area contributed by atoms with Crippen molar-refractivity contribution < 1.29 is 13.2 Å². The summed E-state index contributed by atoms with van der Waals surface area (Å²) >= 11 is 0. The van der Waals surface area contributed by atoms with Crippen LogP contribution in [0.25, 0.3) is 0 Å². The molecule has 0 aliphatic heterocycles. The van der Waals surface area contributed by atoms with Gasteiger partial charge in [-0.3, -0.25) is 0 Å². The molecule has 2 rings (SSSR count). The highest BCUT2D eigenvalue weighted by molar-refractivity contribution is 5.23. The highest BCUT2D eigenvalue weighted by Crippen LogP contribution is 2.23. The maximum atomic E-state index is 13.6. The van der Waals surface area contributed by atoms with Gasteiger partial charge in [0.1, 0.15) is 17.4 Å². The van der Waals surface area contributed by atoms with Crippen LogP contribution in [0.5, 0.6) is 0 Å². The third kappa shape index (κ3) is 2.59. The maximum absolute atomic E-state index is 13.6. The highest BCUT2D eigenvalue weighted by atomic mass is 19.1. The molecule has 0 aliphatic carbocycles. The summed E-state index contributed by atoms with van der Waals surface area (Å²) in [6.45, 7) is 3.61. The molecule has 2 atom stereocenters. The monoisotopic (exact) mass is 251 g/mol. The minimum absolute atomic E-state index is 0.0518. The largest absolute Gasteiger partial charge is 0.468 e. The van der Waals surface area contributed by atoms with Crippen LogP contribution in [-0.4, -0.2) is 0 Å². The molecule has 1 aromatic heterocycles. The van der Waals surface area contributed by atoms with Crippen molar-refractivity contribution in [2.75, 3.05) is 0 Å². The van der Waals surface area contributed by atoms with Crippen LogP contribution < -0.4 is 5.32 Å². The molecule has 1 N–H and O–H groups in total. The second-order valence-corrected chi connectivity index (χ2v) is 4.26. The van der Waals surface area contributed by atoms with Crippen LogP contribution in [0.3, 0.4) is 0 Å². The van der Waals surface area contributed by atoms with E-state index in [0.29, 0.717) is 0 Å². The van der Waals surface area contributed by atoms with Crippen molar-refractivity contribution in [3.8, 4) is 0 Å².